The molecule has 0 spiro atoms. The lowest BCUT2D eigenvalue weighted by molar-refractivity contribution is -0.145. The molecule has 0 fully saturated rings. The second-order valence-electron chi connectivity index (χ2n) is 6.06. The lowest BCUT2D eigenvalue weighted by atomic mass is 9.99. The summed E-state index contributed by atoms with van der Waals surface area (Å²) in [5, 5.41) is 22.4. The maximum atomic E-state index is 11.4. The third-order valence-electron chi connectivity index (χ3n) is 3.97. The molecule has 6 nitrogen and oxygen atoms in total. The summed E-state index contributed by atoms with van der Waals surface area (Å²) in [6, 6.07) is 15.8. The number of hydrogen-bond acceptors (Lipinski definition) is 4. The molecule has 2 aromatic rings. The Morgan fingerprint density at radius 3 is 2.36 bits per heavy atom. The quantitative estimate of drug-likeness (QED) is 0.612. The smallest absolute Gasteiger partial charge is 0.328 e. The molecule has 0 aliphatic heterocycles. The van der Waals surface area contributed by atoms with Crippen LogP contribution < -0.4 is 0 Å². The number of aliphatic carboxylic acids is 1. The maximum absolute atomic E-state index is 11.4. The first-order valence-electron chi connectivity index (χ1n) is 7.89. The molecule has 1 atom stereocenters. The zero-order valence-electron chi connectivity index (χ0n) is 14.1. The van der Waals surface area contributed by atoms with Crippen LogP contribution in [0.4, 0.5) is 0 Å². The van der Waals surface area contributed by atoms with Crippen LogP contribution in [0.5, 0.6) is 0 Å². The molecule has 0 radical (unpaired) electrons. The molecule has 0 saturated heterocycles. The molecule has 0 heterocycles. The van der Waals surface area contributed by atoms with Crippen LogP contribution in [-0.2, 0) is 11.3 Å². The Hall–Kier alpha value is -3.20. The average molecular weight is 337 g/mol. The van der Waals surface area contributed by atoms with Crippen LogP contribution in [0.3, 0.4) is 0 Å². The van der Waals surface area contributed by atoms with Crippen molar-refractivity contribution in [2.45, 2.75) is 26.4 Å². The highest BCUT2D eigenvalue weighted by atomic mass is 16.4. The summed E-state index contributed by atoms with van der Waals surface area (Å²) in [5.41, 5.74) is 3.06. The predicted octanol–water partition coefficient (Wildman–Crippen LogP) is 3.82. The van der Waals surface area contributed by atoms with Crippen molar-refractivity contribution in [3.8, 4) is 17.2 Å². The second-order valence-corrected chi connectivity index (χ2v) is 6.06. The van der Waals surface area contributed by atoms with E-state index in [4.69, 9.17) is 0 Å². The van der Waals surface area contributed by atoms with Gasteiger partial charge >= 0.3 is 5.97 Å². The monoisotopic (exact) mass is 337 g/mol. The minimum atomic E-state index is -1.07. The van der Waals surface area contributed by atoms with Gasteiger partial charge in [-0.25, -0.2) is 9.80 Å². The largest absolute Gasteiger partial charge is 0.480 e. The van der Waals surface area contributed by atoms with Gasteiger partial charge in [-0.2, -0.15) is 5.26 Å². The Kier molecular flexibility index (Phi) is 5.85. The third-order valence-corrected chi connectivity index (χ3v) is 3.97. The van der Waals surface area contributed by atoms with Gasteiger partial charge in [0.05, 0.1) is 23.5 Å². The number of carboxylic acid groups (broad SMARTS) is 1. The van der Waals surface area contributed by atoms with Gasteiger partial charge in [0, 0.05) is 0 Å². The van der Waals surface area contributed by atoms with Crippen molar-refractivity contribution in [2.24, 2.45) is 11.2 Å². The second kappa shape index (κ2) is 8.06. The topological polar surface area (TPSA) is 93.8 Å². The van der Waals surface area contributed by atoms with Crippen molar-refractivity contribution in [1.82, 2.24) is 5.01 Å². The first-order valence-corrected chi connectivity index (χ1v) is 7.89. The molecule has 1 N–H and O–H groups in total. The molecule has 0 saturated carbocycles. The fourth-order valence-electron chi connectivity index (χ4n) is 2.74. The van der Waals surface area contributed by atoms with E-state index in [1.54, 1.807) is 32.0 Å². The van der Waals surface area contributed by atoms with Gasteiger partial charge in [-0.1, -0.05) is 56.3 Å². The van der Waals surface area contributed by atoms with Crippen LogP contribution in [0.2, 0.25) is 0 Å². The molecule has 0 aliphatic carbocycles. The van der Waals surface area contributed by atoms with Crippen LogP contribution >= 0.6 is 0 Å². The van der Waals surface area contributed by atoms with Crippen molar-refractivity contribution < 1.29 is 9.90 Å². The van der Waals surface area contributed by atoms with E-state index in [1.165, 1.54) is 0 Å². The molecule has 0 unspecified atom stereocenters. The first-order chi connectivity index (χ1) is 12.0. The van der Waals surface area contributed by atoms with Crippen LogP contribution in [0.1, 0.15) is 25.0 Å². The van der Waals surface area contributed by atoms with E-state index >= 15 is 0 Å². The number of benzene rings is 2. The number of nitriles is 1. The number of carbonyl (C=O) groups is 1. The summed E-state index contributed by atoms with van der Waals surface area (Å²) in [6.07, 6.45) is 0. The average Bonchev–Trinajstić information content (AvgIpc) is 2.61. The van der Waals surface area contributed by atoms with E-state index in [9.17, 15) is 20.1 Å². The summed E-state index contributed by atoms with van der Waals surface area (Å²) >= 11 is 0. The van der Waals surface area contributed by atoms with E-state index in [0.717, 1.165) is 21.7 Å². The summed E-state index contributed by atoms with van der Waals surface area (Å²) in [4.78, 5) is 22.5. The molecule has 2 aromatic carbocycles. The van der Waals surface area contributed by atoms with Crippen LogP contribution in [0, 0.1) is 22.2 Å². The Bertz CT molecular complexity index is 794. The van der Waals surface area contributed by atoms with E-state index < -0.39 is 12.0 Å². The molecule has 0 amide bonds. The van der Waals surface area contributed by atoms with Crippen LogP contribution in [-0.4, -0.2) is 22.1 Å². The van der Waals surface area contributed by atoms with Gasteiger partial charge < -0.3 is 5.11 Å². The Morgan fingerprint density at radius 1 is 1.20 bits per heavy atom. The van der Waals surface area contributed by atoms with Crippen molar-refractivity contribution in [1.29, 1.82) is 5.26 Å². The Morgan fingerprint density at radius 2 is 1.84 bits per heavy atom. The number of hydrogen-bond donors (Lipinski definition) is 1. The summed E-state index contributed by atoms with van der Waals surface area (Å²) in [6.45, 7) is 3.58. The zero-order valence-corrected chi connectivity index (χ0v) is 14.1. The normalized spacial score (nSPS) is 11.6. The molecular formula is C19H19N3O3. The highest BCUT2D eigenvalue weighted by molar-refractivity contribution is 5.73. The molecule has 6 heteroatoms. The third kappa shape index (κ3) is 4.21. The van der Waals surface area contributed by atoms with Gasteiger partial charge in [-0.15, -0.1) is 4.91 Å². The van der Waals surface area contributed by atoms with Crippen molar-refractivity contribution in [3.05, 3.63) is 64.6 Å². The maximum Gasteiger partial charge on any atom is 0.328 e. The minimum Gasteiger partial charge on any atom is -0.480 e. The van der Waals surface area contributed by atoms with Crippen molar-refractivity contribution >= 4 is 5.97 Å². The number of nitroso groups, excluding NO2 is 1. The Balaban J connectivity index is 2.23. The lowest BCUT2D eigenvalue weighted by Gasteiger charge is -2.25. The summed E-state index contributed by atoms with van der Waals surface area (Å²) in [5.74, 6) is -1.33. The molecule has 0 aromatic heterocycles. The standard InChI is InChI=1S/C19H19N3O3/c1-13(2)18(19(23)24)22(21-25)12-14-7-9-15(10-8-14)17-6-4-3-5-16(17)11-20/h3-10,13,18H,12H2,1-2H3,(H,23,24)/t18-/m0/s1. The van der Waals surface area contributed by atoms with Gasteiger partial charge in [0.25, 0.3) is 0 Å². The molecule has 128 valence electrons. The number of nitrogens with zero attached hydrogens (tertiary/aromatic N) is 3. The van der Waals surface area contributed by atoms with E-state index in [1.807, 2.05) is 30.3 Å². The SMILES string of the molecule is CC(C)[C@@H](C(=O)O)N(Cc1ccc(-c2ccccc2C#N)cc1)N=O. The van der Waals surface area contributed by atoms with Gasteiger partial charge in [-0.05, 0) is 28.7 Å². The van der Waals surface area contributed by atoms with Crippen molar-refractivity contribution in [3.63, 3.8) is 0 Å². The lowest BCUT2D eigenvalue weighted by Crippen LogP contribution is -2.41. The van der Waals surface area contributed by atoms with Crippen LogP contribution in [0.25, 0.3) is 11.1 Å². The summed E-state index contributed by atoms with van der Waals surface area (Å²) in [7, 11) is 0. The Labute approximate surface area is 146 Å². The summed E-state index contributed by atoms with van der Waals surface area (Å²) < 4.78 is 0. The molecular weight excluding hydrogens is 318 g/mol. The highest BCUT2D eigenvalue weighted by Crippen LogP contribution is 2.24. The fraction of sp³-hybridized carbons (Fsp3) is 0.263. The highest BCUT2D eigenvalue weighted by Gasteiger charge is 2.29. The number of rotatable bonds is 7. The van der Waals surface area contributed by atoms with Gasteiger partial charge in [-0.3, -0.25) is 0 Å². The van der Waals surface area contributed by atoms with Gasteiger partial charge in [0.1, 0.15) is 6.04 Å². The first kappa shape index (κ1) is 18.1. The van der Waals surface area contributed by atoms with E-state index in [-0.39, 0.29) is 12.5 Å². The molecule has 25 heavy (non-hydrogen) atoms. The molecule has 0 bridgehead atoms. The predicted molar refractivity (Wildman–Crippen MR) is 94.2 cm³/mol. The van der Waals surface area contributed by atoms with Crippen molar-refractivity contribution in [2.75, 3.05) is 0 Å². The molecule has 2 rings (SSSR count). The molecule has 0 aliphatic rings. The van der Waals surface area contributed by atoms with Gasteiger partial charge in [0.15, 0.2) is 0 Å². The van der Waals surface area contributed by atoms with E-state index in [2.05, 4.69) is 11.4 Å². The van der Waals surface area contributed by atoms with Gasteiger partial charge in [0.2, 0.25) is 0 Å². The zero-order chi connectivity index (χ0) is 18.4. The fourth-order valence-corrected chi connectivity index (χ4v) is 2.74. The minimum absolute atomic E-state index is 0.110. The number of carboxylic acids is 1. The van der Waals surface area contributed by atoms with Crippen LogP contribution in [0.15, 0.2) is 53.8 Å². The van der Waals surface area contributed by atoms with E-state index in [0.29, 0.717) is 5.56 Å².